The lowest BCUT2D eigenvalue weighted by Crippen LogP contribution is -2.58. The Bertz CT molecular complexity index is 1070. The molecule has 9 heteroatoms. The van der Waals surface area contributed by atoms with E-state index in [0.717, 1.165) is 28.5 Å². The first kappa shape index (κ1) is 21.4. The fraction of sp³-hybridized carbons (Fsp3) is 0.364. The molecule has 0 aromatic heterocycles. The van der Waals surface area contributed by atoms with Crippen molar-refractivity contribution in [1.29, 1.82) is 0 Å². The van der Waals surface area contributed by atoms with Crippen LogP contribution < -0.4 is 0 Å². The molecule has 2 aromatic carbocycles. The maximum Gasteiger partial charge on any atom is 0.282 e. The van der Waals surface area contributed by atoms with E-state index < -0.39 is 30.8 Å². The van der Waals surface area contributed by atoms with Crippen LogP contribution in [0.4, 0.5) is 8.78 Å². The lowest BCUT2D eigenvalue weighted by Gasteiger charge is -2.38. The summed E-state index contributed by atoms with van der Waals surface area (Å²) in [5, 5.41) is 19.7. The van der Waals surface area contributed by atoms with E-state index in [9.17, 15) is 28.6 Å². The predicted octanol–water partition coefficient (Wildman–Crippen LogP) is 4.13. The number of halogens is 3. The Morgan fingerprint density at radius 2 is 1.81 bits per heavy atom. The van der Waals surface area contributed by atoms with Gasteiger partial charge in [-0.25, -0.2) is 8.78 Å². The van der Waals surface area contributed by atoms with Gasteiger partial charge in [-0.1, -0.05) is 17.7 Å². The summed E-state index contributed by atoms with van der Waals surface area (Å²) in [5.41, 5.74) is 1.95. The van der Waals surface area contributed by atoms with Gasteiger partial charge in [0.25, 0.3) is 17.7 Å². The third-order valence-electron chi connectivity index (χ3n) is 5.82. The lowest BCUT2D eigenvalue weighted by atomic mass is 9.96. The number of rotatable bonds is 3. The number of alkyl halides is 2. The van der Waals surface area contributed by atoms with Crippen molar-refractivity contribution in [2.24, 2.45) is 0 Å². The molecule has 4 rings (SSSR count). The average Bonchev–Trinajstić information content (AvgIpc) is 3.17. The number of aromatic hydroxyl groups is 2. The highest BCUT2D eigenvalue weighted by Crippen LogP contribution is 2.38. The van der Waals surface area contributed by atoms with E-state index >= 15 is 0 Å². The summed E-state index contributed by atoms with van der Waals surface area (Å²) in [5.74, 6) is -4.35. The van der Waals surface area contributed by atoms with Crippen LogP contribution in [-0.4, -0.2) is 57.4 Å². The second kappa shape index (κ2) is 7.67. The van der Waals surface area contributed by atoms with Gasteiger partial charge in [0, 0.05) is 18.2 Å². The fourth-order valence-electron chi connectivity index (χ4n) is 4.23. The number of phenolic OH excluding ortho intramolecular Hbond substituents is 2. The molecule has 0 spiro atoms. The number of carbonyl (C=O) groups is 2. The van der Waals surface area contributed by atoms with Crippen molar-refractivity contribution in [3.63, 3.8) is 0 Å². The zero-order valence-corrected chi connectivity index (χ0v) is 17.5. The van der Waals surface area contributed by atoms with Crippen LogP contribution >= 0.6 is 11.6 Å². The van der Waals surface area contributed by atoms with Crippen molar-refractivity contribution in [3.8, 4) is 11.5 Å². The molecular weight excluding hydrogens is 430 g/mol. The van der Waals surface area contributed by atoms with Gasteiger partial charge in [-0.05, 0) is 49.1 Å². The molecule has 1 unspecified atom stereocenters. The van der Waals surface area contributed by atoms with E-state index in [2.05, 4.69) is 0 Å². The van der Waals surface area contributed by atoms with Gasteiger partial charge in [-0.15, -0.1) is 0 Å². The number of amides is 2. The zero-order valence-electron chi connectivity index (χ0n) is 16.7. The summed E-state index contributed by atoms with van der Waals surface area (Å²) in [6.45, 7) is 1.14. The normalized spacial score (nSPS) is 19.9. The molecule has 2 fully saturated rings. The highest BCUT2D eigenvalue weighted by Gasteiger charge is 2.46. The average molecular weight is 451 g/mol. The second-order valence-corrected chi connectivity index (χ2v) is 8.47. The number of carbonyl (C=O) groups excluding carboxylic acids is 2. The highest BCUT2D eigenvalue weighted by atomic mass is 35.5. The first-order valence-electron chi connectivity index (χ1n) is 9.87. The molecule has 2 aliphatic heterocycles. The highest BCUT2D eigenvalue weighted by molar-refractivity contribution is 6.32. The molecule has 2 N–H and O–H groups in total. The lowest BCUT2D eigenvalue weighted by molar-refractivity contribution is -0.113. The number of hydrogen-bond donors (Lipinski definition) is 2. The van der Waals surface area contributed by atoms with Crippen LogP contribution in [0.3, 0.4) is 0 Å². The van der Waals surface area contributed by atoms with Crippen molar-refractivity contribution < 1.29 is 28.6 Å². The summed E-state index contributed by atoms with van der Waals surface area (Å²) in [7, 11) is 0. The van der Waals surface area contributed by atoms with Crippen molar-refractivity contribution >= 4 is 23.4 Å². The molecule has 2 aliphatic rings. The van der Waals surface area contributed by atoms with Crippen LogP contribution in [0.1, 0.15) is 50.7 Å². The number of likely N-dealkylation sites (tertiary alicyclic amines) is 2. The van der Waals surface area contributed by atoms with Gasteiger partial charge in [-0.2, -0.15) is 0 Å². The number of aryl methyl sites for hydroxylation is 1. The Morgan fingerprint density at radius 3 is 2.45 bits per heavy atom. The van der Waals surface area contributed by atoms with Crippen molar-refractivity contribution in [1.82, 2.24) is 9.80 Å². The minimum atomic E-state index is -2.82. The molecule has 164 valence electrons. The molecule has 31 heavy (non-hydrogen) atoms. The SMILES string of the molecule is Cc1cc(C(=O)N2CC(F)(F)C2)ccc1C1CCCN1C(=O)c1cc(Cl)c(O)cc1O. The third kappa shape index (κ3) is 3.92. The summed E-state index contributed by atoms with van der Waals surface area (Å²) in [4.78, 5) is 28.2. The van der Waals surface area contributed by atoms with E-state index in [1.807, 2.05) is 6.92 Å². The van der Waals surface area contributed by atoms with Crippen LogP contribution in [0, 0.1) is 6.92 Å². The van der Waals surface area contributed by atoms with Crippen LogP contribution in [0.15, 0.2) is 30.3 Å². The van der Waals surface area contributed by atoms with E-state index in [0.29, 0.717) is 18.5 Å². The van der Waals surface area contributed by atoms with Crippen LogP contribution in [0.2, 0.25) is 5.02 Å². The van der Waals surface area contributed by atoms with E-state index in [-0.39, 0.29) is 28.1 Å². The molecule has 2 saturated heterocycles. The Kier molecular flexibility index (Phi) is 5.29. The first-order valence-corrected chi connectivity index (χ1v) is 10.3. The minimum absolute atomic E-state index is 0.00198. The standard InChI is InChI=1S/C22H21ClF2N2O4/c1-12-7-13(20(30)26-10-22(24,25)11-26)4-5-14(12)17-3-2-6-27(17)21(31)15-8-16(23)19(29)9-18(15)28/h4-5,7-9,17,28-29H,2-3,6,10-11H2,1H3. The topological polar surface area (TPSA) is 81.1 Å². The van der Waals surface area contributed by atoms with E-state index in [1.165, 1.54) is 6.07 Å². The van der Waals surface area contributed by atoms with Gasteiger partial charge < -0.3 is 20.0 Å². The summed E-state index contributed by atoms with van der Waals surface area (Å²) in [6.07, 6.45) is 1.46. The number of benzene rings is 2. The number of phenols is 2. The summed E-state index contributed by atoms with van der Waals surface area (Å²) in [6, 6.07) is 7.01. The van der Waals surface area contributed by atoms with Gasteiger partial charge in [0.15, 0.2) is 0 Å². The Morgan fingerprint density at radius 1 is 1.10 bits per heavy atom. The minimum Gasteiger partial charge on any atom is -0.507 e. The van der Waals surface area contributed by atoms with Crippen LogP contribution in [0.25, 0.3) is 0 Å². The maximum atomic E-state index is 13.1. The van der Waals surface area contributed by atoms with E-state index in [4.69, 9.17) is 11.6 Å². The monoisotopic (exact) mass is 450 g/mol. The quantitative estimate of drug-likeness (QED) is 0.736. The first-order chi connectivity index (χ1) is 14.6. The molecule has 2 aromatic rings. The van der Waals surface area contributed by atoms with Gasteiger partial charge in [-0.3, -0.25) is 9.59 Å². The van der Waals surface area contributed by atoms with Crippen molar-refractivity contribution in [2.45, 2.75) is 31.7 Å². The molecule has 2 amide bonds. The Balaban J connectivity index is 1.57. The van der Waals surface area contributed by atoms with E-state index in [1.54, 1.807) is 23.1 Å². The molecule has 0 aliphatic carbocycles. The third-order valence-corrected chi connectivity index (χ3v) is 6.12. The summed E-state index contributed by atoms with van der Waals surface area (Å²) >= 11 is 5.91. The largest absolute Gasteiger partial charge is 0.507 e. The van der Waals surface area contributed by atoms with Gasteiger partial charge in [0.1, 0.15) is 11.5 Å². The van der Waals surface area contributed by atoms with Gasteiger partial charge in [0.2, 0.25) is 0 Å². The molecule has 0 bridgehead atoms. The number of hydrogen-bond acceptors (Lipinski definition) is 4. The number of nitrogens with zero attached hydrogens (tertiary/aromatic N) is 2. The Labute approximate surface area is 182 Å². The predicted molar refractivity (Wildman–Crippen MR) is 110 cm³/mol. The van der Waals surface area contributed by atoms with Gasteiger partial charge in [0.05, 0.1) is 29.7 Å². The summed E-state index contributed by atoms with van der Waals surface area (Å²) < 4.78 is 26.1. The van der Waals surface area contributed by atoms with Crippen LogP contribution in [-0.2, 0) is 0 Å². The maximum absolute atomic E-state index is 13.1. The fourth-order valence-corrected chi connectivity index (χ4v) is 4.39. The van der Waals surface area contributed by atoms with Crippen molar-refractivity contribution in [2.75, 3.05) is 19.6 Å². The van der Waals surface area contributed by atoms with Crippen LogP contribution in [0.5, 0.6) is 11.5 Å². The molecule has 0 saturated carbocycles. The second-order valence-electron chi connectivity index (χ2n) is 8.07. The Hall–Kier alpha value is -2.87. The molecule has 2 heterocycles. The molecule has 6 nitrogen and oxygen atoms in total. The van der Waals surface area contributed by atoms with Gasteiger partial charge >= 0.3 is 0 Å². The molecular formula is C22H21ClF2N2O4. The smallest absolute Gasteiger partial charge is 0.282 e. The molecule has 1 atom stereocenters. The van der Waals surface area contributed by atoms with Crippen molar-refractivity contribution in [3.05, 3.63) is 57.6 Å². The zero-order chi connectivity index (χ0) is 22.5. The molecule has 0 radical (unpaired) electrons.